The summed E-state index contributed by atoms with van der Waals surface area (Å²) in [5.41, 5.74) is 0. The maximum absolute atomic E-state index is 2.27. The number of allylic oxidation sites excluding steroid dienone is 2. The standard InChI is InChI=1S/C8H16.3Li.3H/c1-3-5-7-8-6-4-2;;;;;;/h5,7H,3-4,6,8H2,1-2H3;;;;;;. The van der Waals surface area contributed by atoms with Gasteiger partial charge in [-0.3, -0.25) is 0 Å². The summed E-state index contributed by atoms with van der Waals surface area (Å²) in [5, 5.41) is 0. The Bertz CT molecular complexity index is 62.4. The molecule has 3 heteroatoms. The van der Waals surface area contributed by atoms with Crippen LogP contribution in [0.4, 0.5) is 0 Å². The Kier molecular flexibility index (Phi) is 46.9. The van der Waals surface area contributed by atoms with Crippen molar-refractivity contribution in [2.75, 3.05) is 0 Å². The van der Waals surface area contributed by atoms with Crippen molar-refractivity contribution in [3.63, 3.8) is 0 Å². The van der Waals surface area contributed by atoms with Crippen molar-refractivity contribution in [3.8, 4) is 0 Å². The van der Waals surface area contributed by atoms with Gasteiger partial charge >= 0.3 is 56.6 Å². The molecule has 0 atom stereocenters. The second kappa shape index (κ2) is 22.5. The summed E-state index contributed by atoms with van der Waals surface area (Å²) in [6.07, 6.45) is 9.61. The first-order chi connectivity index (χ1) is 3.91. The van der Waals surface area contributed by atoms with E-state index in [1.807, 2.05) is 0 Å². The number of hydrogen-bond acceptors (Lipinski definition) is 0. The molecule has 0 radical (unpaired) electrons. The summed E-state index contributed by atoms with van der Waals surface area (Å²) in [4.78, 5) is 0. The second-order valence-corrected chi connectivity index (χ2v) is 2.02. The van der Waals surface area contributed by atoms with Crippen LogP contribution in [-0.2, 0) is 0 Å². The van der Waals surface area contributed by atoms with Crippen LogP contribution in [0.1, 0.15) is 39.5 Å². The second-order valence-electron chi connectivity index (χ2n) is 2.02. The molecule has 0 spiro atoms. The number of unbranched alkanes of at least 4 members (excludes halogenated alkanes) is 2. The molecule has 0 heterocycles. The van der Waals surface area contributed by atoms with E-state index in [1.54, 1.807) is 0 Å². The molecule has 0 bridgehead atoms. The Labute approximate surface area is 107 Å². The summed E-state index contributed by atoms with van der Waals surface area (Å²) in [5.74, 6) is 0. The van der Waals surface area contributed by atoms with Crippen LogP contribution in [0, 0.1) is 0 Å². The van der Waals surface area contributed by atoms with Crippen molar-refractivity contribution in [2.24, 2.45) is 0 Å². The fraction of sp³-hybridized carbons (Fsp3) is 0.750. The summed E-state index contributed by atoms with van der Waals surface area (Å²) in [6, 6.07) is 0. The zero-order valence-corrected chi connectivity index (χ0v) is 5.98. The first kappa shape index (κ1) is 22.9. The van der Waals surface area contributed by atoms with Gasteiger partial charge in [0.25, 0.3) is 0 Å². The zero-order valence-electron chi connectivity index (χ0n) is 5.98. The summed E-state index contributed by atoms with van der Waals surface area (Å²) in [6.45, 7) is 4.39. The molecule has 0 aromatic rings. The van der Waals surface area contributed by atoms with E-state index in [9.17, 15) is 0 Å². The van der Waals surface area contributed by atoms with E-state index in [2.05, 4.69) is 26.0 Å². The molecule has 0 saturated heterocycles. The van der Waals surface area contributed by atoms with Gasteiger partial charge in [-0.15, -0.1) is 0 Å². The Morgan fingerprint density at radius 1 is 0.909 bits per heavy atom. The molecule has 0 aliphatic rings. The molecule has 0 amide bonds. The van der Waals surface area contributed by atoms with E-state index >= 15 is 0 Å². The molecule has 0 unspecified atom stereocenters. The zero-order chi connectivity index (χ0) is 6.24. The summed E-state index contributed by atoms with van der Waals surface area (Å²) < 4.78 is 0. The van der Waals surface area contributed by atoms with Crippen LogP contribution in [0.25, 0.3) is 0 Å². The van der Waals surface area contributed by atoms with Crippen molar-refractivity contribution >= 4 is 56.6 Å². The third kappa shape index (κ3) is 24.6. The van der Waals surface area contributed by atoms with E-state index in [1.165, 1.54) is 25.7 Å². The Morgan fingerprint density at radius 3 is 1.82 bits per heavy atom. The van der Waals surface area contributed by atoms with Crippen molar-refractivity contribution in [2.45, 2.75) is 39.5 Å². The molecule has 0 rings (SSSR count). The molecule has 0 aromatic heterocycles. The molecule has 0 saturated carbocycles. The first-order valence-corrected chi connectivity index (χ1v) is 3.56. The van der Waals surface area contributed by atoms with Crippen LogP contribution in [0.15, 0.2) is 12.2 Å². The number of rotatable bonds is 4. The molecule has 0 aliphatic heterocycles. The molecule has 0 aliphatic carbocycles. The molecule has 0 aromatic carbocycles. The van der Waals surface area contributed by atoms with Gasteiger partial charge in [0, 0.05) is 0 Å². The van der Waals surface area contributed by atoms with Crippen molar-refractivity contribution in [1.29, 1.82) is 0 Å². The van der Waals surface area contributed by atoms with Crippen LogP contribution >= 0.6 is 0 Å². The molecule has 0 fully saturated rings. The molecule has 0 N–H and O–H groups in total. The Balaban J connectivity index is -0.0000000817. The van der Waals surface area contributed by atoms with Crippen LogP contribution in [0.3, 0.4) is 0 Å². The molecule has 54 valence electrons. The van der Waals surface area contributed by atoms with Gasteiger partial charge in [0.15, 0.2) is 0 Å². The van der Waals surface area contributed by atoms with Crippen LogP contribution in [-0.4, -0.2) is 56.6 Å². The third-order valence-corrected chi connectivity index (χ3v) is 1.13. The SMILES string of the molecule is CCC=CCCCC.[LiH].[LiH].[LiH]. The van der Waals surface area contributed by atoms with Crippen LogP contribution in [0.2, 0.25) is 0 Å². The van der Waals surface area contributed by atoms with Gasteiger partial charge in [-0.1, -0.05) is 38.8 Å². The van der Waals surface area contributed by atoms with E-state index in [-0.39, 0.29) is 56.6 Å². The quantitative estimate of drug-likeness (QED) is 0.309. The fourth-order valence-electron chi connectivity index (χ4n) is 0.606. The monoisotopic (exact) mass is 136 g/mol. The Hall–Kier alpha value is 1.53. The van der Waals surface area contributed by atoms with Crippen molar-refractivity contribution in [3.05, 3.63) is 12.2 Å². The van der Waals surface area contributed by atoms with Gasteiger partial charge < -0.3 is 0 Å². The first-order valence-electron chi connectivity index (χ1n) is 3.56. The third-order valence-electron chi connectivity index (χ3n) is 1.13. The van der Waals surface area contributed by atoms with E-state index in [4.69, 9.17) is 0 Å². The van der Waals surface area contributed by atoms with Crippen LogP contribution < -0.4 is 0 Å². The molecular formula is C8H19Li3. The van der Waals surface area contributed by atoms with Gasteiger partial charge in [-0.25, -0.2) is 0 Å². The van der Waals surface area contributed by atoms with Crippen LogP contribution in [0.5, 0.6) is 0 Å². The molecule has 11 heavy (non-hydrogen) atoms. The van der Waals surface area contributed by atoms with Gasteiger partial charge in [-0.2, -0.15) is 0 Å². The summed E-state index contributed by atoms with van der Waals surface area (Å²) in [7, 11) is 0. The van der Waals surface area contributed by atoms with E-state index < -0.39 is 0 Å². The van der Waals surface area contributed by atoms with Gasteiger partial charge in [0.2, 0.25) is 0 Å². The predicted octanol–water partition coefficient (Wildman–Crippen LogP) is 1.20. The van der Waals surface area contributed by atoms with Crippen molar-refractivity contribution in [1.82, 2.24) is 0 Å². The molecule has 0 nitrogen and oxygen atoms in total. The van der Waals surface area contributed by atoms with E-state index in [0.717, 1.165) is 0 Å². The summed E-state index contributed by atoms with van der Waals surface area (Å²) >= 11 is 0. The minimum atomic E-state index is 0. The van der Waals surface area contributed by atoms with Crippen molar-refractivity contribution < 1.29 is 0 Å². The molecular weight excluding hydrogens is 117 g/mol. The average molecular weight is 136 g/mol. The van der Waals surface area contributed by atoms with Gasteiger partial charge in [-0.05, 0) is 12.8 Å². The topological polar surface area (TPSA) is 0 Å². The predicted molar refractivity (Wildman–Crippen MR) is 60.4 cm³/mol. The van der Waals surface area contributed by atoms with E-state index in [0.29, 0.717) is 0 Å². The fourth-order valence-corrected chi connectivity index (χ4v) is 0.606. The minimum absolute atomic E-state index is 0. The maximum atomic E-state index is 2.27. The Morgan fingerprint density at radius 2 is 1.45 bits per heavy atom. The normalized spacial score (nSPS) is 7.82. The number of hydrogen-bond donors (Lipinski definition) is 0. The van der Waals surface area contributed by atoms with Gasteiger partial charge in [0.1, 0.15) is 0 Å². The average Bonchev–Trinajstić information content (AvgIpc) is 1.81. The van der Waals surface area contributed by atoms with Gasteiger partial charge in [0.05, 0.1) is 0 Å².